The molecular formula is C20H24N4. The molecule has 0 saturated carbocycles. The van der Waals surface area contributed by atoms with Gasteiger partial charge in [-0.15, -0.1) is 0 Å². The third kappa shape index (κ3) is 3.66. The van der Waals surface area contributed by atoms with Crippen molar-refractivity contribution in [3.8, 4) is 0 Å². The summed E-state index contributed by atoms with van der Waals surface area (Å²) in [6.45, 7) is 2.93. The predicted molar refractivity (Wildman–Crippen MR) is 97.4 cm³/mol. The number of aromatic nitrogens is 2. The first-order chi connectivity index (χ1) is 11.9. The lowest BCUT2D eigenvalue weighted by molar-refractivity contribution is 0.182. The van der Waals surface area contributed by atoms with E-state index in [0.717, 1.165) is 42.9 Å². The maximum atomic E-state index is 4.69. The summed E-state index contributed by atoms with van der Waals surface area (Å²) in [5, 5.41) is 2.31. The summed E-state index contributed by atoms with van der Waals surface area (Å²) < 4.78 is 0. The number of nitrogens with zero attached hydrogens (tertiary/aromatic N) is 2. The molecule has 4 rings (SSSR count). The van der Waals surface area contributed by atoms with Crippen molar-refractivity contribution in [1.29, 1.82) is 0 Å². The lowest BCUT2D eigenvalue weighted by Crippen LogP contribution is -2.38. The van der Waals surface area contributed by atoms with Crippen molar-refractivity contribution in [2.24, 2.45) is 5.92 Å². The van der Waals surface area contributed by atoms with Crippen LogP contribution < -0.4 is 5.43 Å². The van der Waals surface area contributed by atoms with E-state index < -0.39 is 0 Å². The van der Waals surface area contributed by atoms with Crippen LogP contribution >= 0.6 is 0 Å². The van der Waals surface area contributed by atoms with E-state index in [9.17, 15) is 0 Å². The minimum Gasteiger partial charge on any atom is -0.341 e. The van der Waals surface area contributed by atoms with Crippen molar-refractivity contribution in [3.63, 3.8) is 0 Å². The molecule has 0 aliphatic carbocycles. The molecule has 1 unspecified atom stereocenters. The lowest BCUT2D eigenvalue weighted by atomic mass is 9.95. The number of H-pyrrole nitrogens is 1. The number of rotatable bonds is 4. The Hall–Kier alpha value is -2.17. The second-order valence-corrected chi connectivity index (χ2v) is 6.68. The Bertz CT molecular complexity index is 747. The lowest BCUT2D eigenvalue weighted by Gasteiger charge is -2.20. The molecule has 1 fully saturated rings. The first kappa shape index (κ1) is 15.4. The molecule has 1 aliphatic heterocycles. The van der Waals surface area contributed by atoms with E-state index in [0.29, 0.717) is 5.92 Å². The normalized spacial score (nSPS) is 19.4. The molecule has 3 aromatic rings. The van der Waals surface area contributed by atoms with Gasteiger partial charge in [0.25, 0.3) is 0 Å². The van der Waals surface area contributed by atoms with Crippen molar-refractivity contribution in [2.45, 2.75) is 25.8 Å². The summed E-state index contributed by atoms with van der Waals surface area (Å²) in [7, 11) is 0. The largest absolute Gasteiger partial charge is 0.341 e. The smallest absolute Gasteiger partial charge is 0.122 e. The number of hydrogen-bond donors (Lipinski definition) is 2. The molecule has 0 amide bonds. The fourth-order valence-corrected chi connectivity index (χ4v) is 3.53. The van der Waals surface area contributed by atoms with E-state index >= 15 is 0 Å². The van der Waals surface area contributed by atoms with E-state index in [4.69, 9.17) is 0 Å². The van der Waals surface area contributed by atoms with Gasteiger partial charge in [-0.2, -0.15) is 0 Å². The third-order valence-electron chi connectivity index (χ3n) is 4.79. The highest BCUT2D eigenvalue weighted by molar-refractivity contribution is 5.74. The Morgan fingerprint density at radius 3 is 2.75 bits per heavy atom. The van der Waals surface area contributed by atoms with Gasteiger partial charge in [-0.25, -0.2) is 9.99 Å². The second kappa shape index (κ2) is 7.16. The average molecular weight is 320 g/mol. The molecule has 1 aliphatic rings. The zero-order valence-electron chi connectivity index (χ0n) is 13.9. The molecule has 2 N–H and O–H groups in total. The highest BCUT2D eigenvalue weighted by Crippen LogP contribution is 2.18. The number of benzene rings is 2. The molecule has 4 heteroatoms. The number of aromatic amines is 1. The molecule has 24 heavy (non-hydrogen) atoms. The third-order valence-corrected chi connectivity index (χ3v) is 4.79. The zero-order valence-corrected chi connectivity index (χ0v) is 13.9. The number of imidazole rings is 1. The topological polar surface area (TPSA) is 44.0 Å². The van der Waals surface area contributed by atoms with Crippen LogP contribution in [0.25, 0.3) is 11.0 Å². The Kier molecular flexibility index (Phi) is 4.58. The van der Waals surface area contributed by atoms with Crippen LogP contribution in [0.2, 0.25) is 0 Å². The summed E-state index contributed by atoms with van der Waals surface area (Å²) in [5.41, 5.74) is 7.22. The molecule has 2 heterocycles. The van der Waals surface area contributed by atoms with Gasteiger partial charge in [0.1, 0.15) is 5.82 Å². The van der Waals surface area contributed by atoms with Gasteiger partial charge >= 0.3 is 0 Å². The van der Waals surface area contributed by atoms with Gasteiger partial charge in [-0.3, -0.25) is 5.43 Å². The van der Waals surface area contributed by atoms with Crippen molar-refractivity contribution < 1.29 is 0 Å². The summed E-state index contributed by atoms with van der Waals surface area (Å²) >= 11 is 0. The molecule has 0 bridgehead atoms. The molecule has 0 spiro atoms. The molecule has 0 radical (unpaired) electrons. The maximum absolute atomic E-state index is 4.69. The van der Waals surface area contributed by atoms with Gasteiger partial charge < -0.3 is 4.98 Å². The van der Waals surface area contributed by atoms with E-state index in [1.54, 1.807) is 0 Å². The van der Waals surface area contributed by atoms with E-state index in [-0.39, 0.29) is 0 Å². The summed E-state index contributed by atoms with van der Waals surface area (Å²) in [5.74, 6) is 1.73. The monoisotopic (exact) mass is 320 g/mol. The minimum atomic E-state index is 0.702. The number of hydrazine groups is 1. The van der Waals surface area contributed by atoms with Crippen molar-refractivity contribution in [3.05, 3.63) is 66.0 Å². The van der Waals surface area contributed by atoms with Crippen molar-refractivity contribution in [2.75, 3.05) is 13.1 Å². The summed E-state index contributed by atoms with van der Waals surface area (Å²) in [6, 6.07) is 19.0. The van der Waals surface area contributed by atoms with Crippen LogP contribution in [0.15, 0.2) is 54.6 Å². The average Bonchev–Trinajstić information content (AvgIpc) is 2.89. The Labute approximate surface area is 142 Å². The van der Waals surface area contributed by atoms with E-state index in [2.05, 4.69) is 62.9 Å². The quantitative estimate of drug-likeness (QED) is 0.773. The molecule has 1 aromatic heterocycles. The van der Waals surface area contributed by atoms with Crippen LogP contribution in [-0.4, -0.2) is 28.1 Å². The number of hydrogen-bond acceptors (Lipinski definition) is 3. The number of fused-ring (bicyclic) bond motifs is 1. The van der Waals surface area contributed by atoms with Crippen LogP contribution in [0.3, 0.4) is 0 Å². The van der Waals surface area contributed by atoms with Gasteiger partial charge in [0.2, 0.25) is 0 Å². The molecule has 2 aromatic carbocycles. The second-order valence-electron chi connectivity index (χ2n) is 6.68. The van der Waals surface area contributed by atoms with E-state index in [1.807, 2.05) is 12.1 Å². The van der Waals surface area contributed by atoms with Crippen LogP contribution in [0.4, 0.5) is 0 Å². The Morgan fingerprint density at radius 1 is 1.04 bits per heavy atom. The van der Waals surface area contributed by atoms with Gasteiger partial charge in [-0.1, -0.05) is 42.5 Å². The van der Waals surface area contributed by atoms with Crippen LogP contribution in [0.5, 0.6) is 0 Å². The van der Waals surface area contributed by atoms with Gasteiger partial charge in [0.05, 0.1) is 17.6 Å². The predicted octanol–water partition coefficient (Wildman–Crippen LogP) is 3.52. The highest BCUT2D eigenvalue weighted by atomic mass is 15.5. The first-order valence-electron chi connectivity index (χ1n) is 8.83. The molecular weight excluding hydrogens is 296 g/mol. The van der Waals surface area contributed by atoms with Gasteiger partial charge in [0, 0.05) is 13.1 Å². The van der Waals surface area contributed by atoms with E-state index in [1.165, 1.54) is 18.4 Å². The van der Waals surface area contributed by atoms with Crippen LogP contribution in [-0.2, 0) is 13.0 Å². The fourth-order valence-electron chi connectivity index (χ4n) is 3.53. The Morgan fingerprint density at radius 2 is 1.88 bits per heavy atom. The first-order valence-corrected chi connectivity index (χ1v) is 8.83. The number of para-hydroxylation sites is 2. The van der Waals surface area contributed by atoms with Crippen molar-refractivity contribution in [1.82, 2.24) is 20.4 Å². The van der Waals surface area contributed by atoms with Crippen LogP contribution in [0, 0.1) is 5.92 Å². The minimum absolute atomic E-state index is 0.702. The maximum Gasteiger partial charge on any atom is 0.122 e. The van der Waals surface area contributed by atoms with Crippen LogP contribution in [0.1, 0.15) is 24.2 Å². The standard InChI is InChI=1S/C20H24N4/c1-2-7-16(8-3-1)13-17-9-6-12-24(21-14-17)15-20-22-18-10-4-5-11-19(18)23-20/h1-5,7-8,10-11,17,21H,6,9,12-15H2,(H,22,23). The number of nitrogens with one attached hydrogen (secondary N) is 2. The molecule has 4 nitrogen and oxygen atoms in total. The zero-order chi connectivity index (χ0) is 16.2. The van der Waals surface area contributed by atoms with Gasteiger partial charge in [-0.05, 0) is 42.9 Å². The van der Waals surface area contributed by atoms with Gasteiger partial charge in [0.15, 0.2) is 0 Å². The highest BCUT2D eigenvalue weighted by Gasteiger charge is 2.18. The molecule has 1 saturated heterocycles. The Balaban J connectivity index is 1.36. The molecule has 1 atom stereocenters. The van der Waals surface area contributed by atoms with Crippen molar-refractivity contribution >= 4 is 11.0 Å². The summed E-state index contributed by atoms with van der Waals surface area (Å²) in [4.78, 5) is 8.11. The SMILES string of the molecule is c1ccc(CC2CCCN(Cc3nc4ccccc4[nH]3)NC2)cc1. The summed E-state index contributed by atoms with van der Waals surface area (Å²) in [6.07, 6.45) is 3.66. The molecule has 124 valence electrons. The fraction of sp³-hybridized carbons (Fsp3) is 0.350.